The maximum Gasteiger partial charge on any atom is 0.303 e. The van der Waals surface area contributed by atoms with Crippen molar-refractivity contribution in [2.24, 2.45) is 0 Å². The van der Waals surface area contributed by atoms with Crippen LogP contribution >= 0.6 is 11.8 Å². The highest BCUT2D eigenvalue weighted by Gasteiger charge is 2.24. The molecular weight excluding hydrogens is 288 g/mol. The topological polar surface area (TPSA) is 78.4 Å². The number of carbonyl (C=O) groups excluding carboxylic acids is 1. The van der Waals surface area contributed by atoms with Gasteiger partial charge in [-0.1, -0.05) is 30.3 Å². The fourth-order valence-electron chi connectivity index (χ4n) is 2.28. The van der Waals surface area contributed by atoms with Crippen LogP contribution in [0.25, 0.3) is 0 Å². The lowest BCUT2D eigenvalue weighted by Gasteiger charge is -2.26. The summed E-state index contributed by atoms with van der Waals surface area (Å²) < 4.78 is 0. The molecule has 1 heterocycles. The number of amides is 1. The summed E-state index contributed by atoms with van der Waals surface area (Å²) in [4.78, 5) is 23.1. The third kappa shape index (κ3) is 5.06. The number of thioether (sulfide) groups is 1. The van der Waals surface area contributed by atoms with Crippen molar-refractivity contribution in [3.8, 4) is 0 Å². The molecule has 1 aromatic rings. The van der Waals surface area contributed by atoms with Crippen LogP contribution < -0.4 is 10.6 Å². The molecule has 0 spiro atoms. The lowest BCUT2D eigenvalue weighted by molar-refractivity contribution is -0.137. The van der Waals surface area contributed by atoms with Gasteiger partial charge in [0.15, 0.2) is 0 Å². The van der Waals surface area contributed by atoms with Gasteiger partial charge < -0.3 is 15.7 Å². The molecule has 2 unspecified atom stereocenters. The molecule has 1 fully saturated rings. The molecule has 0 aromatic heterocycles. The largest absolute Gasteiger partial charge is 0.481 e. The highest BCUT2D eigenvalue weighted by atomic mass is 32.2. The molecule has 0 bridgehead atoms. The van der Waals surface area contributed by atoms with Crippen LogP contribution in [0.5, 0.6) is 0 Å². The van der Waals surface area contributed by atoms with E-state index < -0.39 is 5.97 Å². The van der Waals surface area contributed by atoms with Crippen LogP contribution in [0.4, 0.5) is 0 Å². The maximum absolute atomic E-state index is 12.3. The molecule has 1 aliphatic heterocycles. The highest BCUT2D eigenvalue weighted by molar-refractivity contribution is 7.99. The number of rotatable bonds is 6. The van der Waals surface area contributed by atoms with Crippen LogP contribution in [-0.2, 0) is 9.59 Å². The van der Waals surface area contributed by atoms with Crippen molar-refractivity contribution >= 4 is 23.6 Å². The van der Waals surface area contributed by atoms with Gasteiger partial charge in [0, 0.05) is 24.5 Å². The van der Waals surface area contributed by atoms with E-state index in [1.165, 1.54) is 0 Å². The number of benzene rings is 1. The Morgan fingerprint density at radius 1 is 1.38 bits per heavy atom. The van der Waals surface area contributed by atoms with E-state index in [0.717, 1.165) is 23.6 Å². The molecule has 1 amide bonds. The smallest absolute Gasteiger partial charge is 0.303 e. The number of nitrogens with one attached hydrogen (secondary N) is 2. The number of aliphatic carboxylic acids is 1. The molecule has 1 aromatic carbocycles. The van der Waals surface area contributed by atoms with Gasteiger partial charge in [0.1, 0.15) is 0 Å². The zero-order valence-corrected chi connectivity index (χ0v) is 12.6. The second kappa shape index (κ2) is 8.05. The van der Waals surface area contributed by atoms with Gasteiger partial charge in [0.2, 0.25) is 5.91 Å². The normalized spacial score (nSPS) is 19.7. The van der Waals surface area contributed by atoms with Crippen molar-refractivity contribution in [2.45, 2.75) is 24.9 Å². The van der Waals surface area contributed by atoms with E-state index in [-0.39, 0.29) is 24.4 Å². The van der Waals surface area contributed by atoms with Gasteiger partial charge >= 0.3 is 5.97 Å². The average Bonchev–Trinajstić information content (AvgIpc) is 2.52. The summed E-state index contributed by atoms with van der Waals surface area (Å²) in [5.41, 5.74) is 0.940. The van der Waals surface area contributed by atoms with E-state index >= 15 is 0 Å². The van der Waals surface area contributed by atoms with Crippen molar-refractivity contribution in [2.75, 3.05) is 18.1 Å². The lowest BCUT2D eigenvalue weighted by atomic mass is 10.0. The van der Waals surface area contributed by atoms with Crippen molar-refractivity contribution in [3.05, 3.63) is 35.9 Å². The zero-order valence-electron chi connectivity index (χ0n) is 11.7. The van der Waals surface area contributed by atoms with Crippen molar-refractivity contribution in [1.29, 1.82) is 0 Å². The van der Waals surface area contributed by atoms with Gasteiger partial charge in [-0.05, 0) is 12.0 Å². The molecule has 6 heteroatoms. The van der Waals surface area contributed by atoms with E-state index in [1.54, 1.807) is 11.8 Å². The summed E-state index contributed by atoms with van der Waals surface area (Å²) in [6.45, 7) is 0.827. The SMILES string of the molecule is O=C(O)CCC(NC(=O)C1CSCCN1)c1ccccc1. The molecule has 2 atom stereocenters. The zero-order chi connectivity index (χ0) is 15.1. The van der Waals surface area contributed by atoms with Gasteiger partial charge in [-0.25, -0.2) is 0 Å². The van der Waals surface area contributed by atoms with Crippen LogP contribution in [-0.4, -0.2) is 41.1 Å². The van der Waals surface area contributed by atoms with Gasteiger partial charge in [-0.2, -0.15) is 11.8 Å². The number of carbonyl (C=O) groups is 2. The summed E-state index contributed by atoms with van der Waals surface area (Å²) in [5.74, 6) is 0.870. The summed E-state index contributed by atoms with van der Waals surface area (Å²) in [7, 11) is 0. The monoisotopic (exact) mass is 308 g/mol. The van der Waals surface area contributed by atoms with E-state index in [1.807, 2.05) is 30.3 Å². The quantitative estimate of drug-likeness (QED) is 0.741. The van der Waals surface area contributed by atoms with Crippen LogP contribution in [0.1, 0.15) is 24.4 Å². The Morgan fingerprint density at radius 3 is 2.76 bits per heavy atom. The first-order chi connectivity index (χ1) is 10.2. The Bertz CT molecular complexity index is 475. The first-order valence-electron chi connectivity index (χ1n) is 7.05. The Hall–Kier alpha value is -1.53. The molecule has 0 saturated carbocycles. The molecule has 0 radical (unpaired) electrons. The average molecular weight is 308 g/mol. The molecule has 5 nitrogen and oxygen atoms in total. The van der Waals surface area contributed by atoms with E-state index in [9.17, 15) is 9.59 Å². The fourth-order valence-corrected chi connectivity index (χ4v) is 3.22. The Labute approximate surface area is 128 Å². The third-order valence-corrected chi connectivity index (χ3v) is 4.47. The van der Waals surface area contributed by atoms with Gasteiger partial charge in [0.25, 0.3) is 0 Å². The maximum atomic E-state index is 12.3. The van der Waals surface area contributed by atoms with E-state index in [0.29, 0.717) is 6.42 Å². The molecule has 114 valence electrons. The van der Waals surface area contributed by atoms with Crippen LogP contribution in [0, 0.1) is 0 Å². The fraction of sp³-hybridized carbons (Fsp3) is 0.467. The number of hydrogen-bond donors (Lipinski definition) is 3. The molecular formula is C15H20N2O3S. The molecule has 1 saturated heterocycles. The number of carboxylic acids is 1. The highest BCUT2D eigenvalue weighted by Crippen LogP contribution is 2.19. The minimum Gasteiger partial charge on any atom is -0.481 e. The first-order valence-corrected chi connectivity index (χ1v) is 8.20. The Morgan fingerprint density at radius 2 is 2.14 bits per heavy atom. The third-order valence-electron chi connectivity index (χ3n) is 3.40. The summed E-state index contributed by atoms with van der Waals surface area (Å²) in [5, 5.41) is 15.0. The Kier molecular flexibility index (Phi) is 6.07. The predicted molar refractivity (Wildman–Crippen MR) is 83.3 cm³/mol. The minimum atomic E-state index is -0.850. The van der Waals surface area contributed by atoms with Crippen LogP contribution in [0.3, 0.4) is 0 Å². The second-order valence-electron chi connectivity index (χ2n) is 4.99. The number of carboxylic acid groups (broad SMARTS) is 1. The summed E-state index contributed by atoms with van der Waals surface area (Å²) >= 11 is 1.76. The molecule has 3 N–H and O–H groups in total. The van der Waals surface area contributed by atoms with Gasteiger partial charge in [-0.3, -0.25) is 9.59 Å². The van der Waals surface area contributed by atoms with Gasteiger partial charge in [-0.15, -0.1) is 0 Å². The molecule has 0 aliphatic carbocycles. The predicted octanol–water partition coefficient (Wildman–Crippen LogP) is 1.41. The lowest BCUT2D eigenvalue weighted by Crippen LogP contribution is -2.49. The summed E-state index contributed by atoms with van der Waals surface area (Å²) in [6.07, 6.45) is 0.428. The summed E-state index contributed by atoms with van der Waals surface area (Å²) in [6, 6.07) is 9.06. The standard InChI is InChI=1S/C15H20N2O3S/c18-14(19)7-6-12(11-4-2-1-3-5-11)17-15(20)13-10-21-9-8-16-13/h1-5,12-13,16H,6-10H2,(H,17,20)(H,18,19). The van der Waals surface area contributed by atoms with Crippen molar-refractivity contribution in [3.63, 3.8) is 0 Å². The van der Waals surface area contributed by atoms with Crippen LogP contribution in [0.2, 0.25) is 0 Å². The van der Waals surface area contributed by atoms with Crippen molar-refractivity contribution < 1.29 is 14.7 Å². The minimum absolute atomic E-state index is 0.0344. The molecule has 2 rings (SSSR count). The van der Waals surface area contributed by atoms with E-state index in [4.69, 9.17) is 5.11 Å². The van der Waals surface area contributed by atoms with Crippen LogP contribution in [0.15, 0.2) is 30.3 Å². The first kappa shape index (κ1) is 15.9. The Balaban J connectivity index is 2.00. The number of hydrogen-bond acceptors (Lipinski definition) is 4. The van der Waals surface area contributed by atoms with Gasteiger partial charge in [0.05, 0.1) is 12.1 Å². The molecule has 1 aliphatic rings. The van der Waals surface area contributed by atoms with Crippen molar-refractivity contribution in [1.82, 2.24) is 10.6 Å². The molecule has 21 heavy (non-hydrogen) atoms. The second-order valence-corrected chi connectivity index (χ2v) is 6.14. The van der Waals surface area contributed by atoms with E-state index in [2.05, 4.69) is 10.6 Å².